The van der Waals surface area contributed by atoms with Crippen LogP contribution in [0, 0.1) is 22.7 Å². The molecule has 13 nitrogen and oxygen atoms in total. The summed E-state index contributed by atoms with van der Waals surface area (Å²) in [7, 11) is 0. The third-order valence-corrected chi connectivity index (χ3v) is 13.6. The van der Waals surface area contributed by atoms with Gasteiger partial charge in [0.2, 0.25) is 0 Å². The Kier molecular flexibility index (Phi) is 9.48. The summed E-state index contributed by atoms with van der Waals surface area (Å²) in [6.45, 7) is 5.53. The molecule has 13 heteroatoms. The molecule has 2 saturated heterocycles. The molecule has 0 radical (unpaired) electrons. The molecule has 0 aromatic carbocycles. The molecule has 274 valence electrons. The first-order valence-electron chi connectivity index (χ1n) is 17.9. The fourth-order valence-corrected chi connectivity index (χ4v) is 10.7. The lowest BCUT2D eigenvalue weighted by Gasteiger charge is -2.62. The highest BCUT2D eigenvalue weighted by molar-refractivity contribution is 5.31. The maximum absolute atomic E-state index is 12.5. The summed E-state index contributed by atoms with van der Waals surface area (Å²) < 4.78 is 28.7. The van der Waals surface area contributed by atoms with Crippen molar-refractivity contribution in [3.63, 3.8) is 0 Å². The van der Waals surface area contributed by atoms with Gasteiger partial charge in [-0.05, 0) is 93.1 Å². The Morgan fingerprint density at radius 3 is 2.29 bits per heavy atom. The highest BCUT2D eigenvalue weighted by Crippen LogP contribution is 2.70. The van der Waals surface area contributed by atoms with E-state index < -0.39 is 73.6 Å². The van der Waals surface area contributed by atoms with Crippen molar-refractivity contribution in [3.05, 3.63) is 46.0 Å². The van der Waals surface area contributed by atoms with E-state index in [1.807, 2.05) is 6.07 Å². The molecule has 4 aliphatic carbocycles. The Morgan fingerprint density at radius 1 is 0.837 bits per heavy atom. The standard InChI is InChI=1S/C36H52O13/c1-17-31(49-33-29(42)27(40)26(39)24(15-37)48-33)28(41)30(43)32(46-17)47-20-8-11-34(2)19(14-20)5-6-23-22(34)9-12-35(3)21(10-13-36(23,35)44)18-4-7-25(38)45-16-18/h4,7,14,16-17,20-24,26-33,37,39-44H,5-6,8-13,15H2,1-3H3/t17-,20-,21+,22?,23+,24+,26+,27-,28-,29+,30+,31-,32-,33-,34-,35+,36-/m0/s1. The maximum atomic E-state index is 12.5. The van der Waals surface area contributed by atoms with Crippen molar-refractivity contribution in [1.82, 2.24) is 0 Å². The van der Waals surface area contributed by atoms with Crippen molar-refractivity contribution in [2.24, 2.45) is 22.7 Å². The lowest BCUT2D eigenvalue weighted by molar-refractivity contribution is -0.357. The number of allylic oxidation sites excluding steroid dienone is 1. The van der Waals surface area contributed by atoms with Gasteiger partial charge in [-0.3, -0.25) is 0 Å². The zero-order valence-electron chi connectivity index (χ0n) is 28.3. The first-order chi connectivity index (χ1) is 23.2. The van der Waals surface area contributed by atoms with Crippen LogP contribution >= 0.6 is 0 Å². The van der Waals surface area contributed by atoms with Gasteiger partial charge in [0.1, 0.15) is 42.7 Å². The van der Waals surface area contributed by atoms with Crippen molar-refractivity contribution < 1.29 is 59.1 Å². The van der Waals surface area contributed by atoms with Gasteiger partial charge < -0.3 is 59.1 Å². The molecule has 7 rings (SSSR count). The molecule has 0 bridgehead atoms. The number of aliphatic hydroxyl groups excluding tert-OH is 6. The third kappa shape index (κ3) is 5.68. The van der Waals surface area contributed by atoms with Gasteiger partial charge in [-0.1, -0.05) is 25.5 Å². The lowest BCUT2D eigenvalue weighted by Crippen LogP contribution is -2.64. The van der Waals surface area contributed by atoms with Crippen LogP contribution < -0.4 is 5.63 Å². The first-order valence-corrected chi connectivity index (χ1v) is 17.9. The fourth-order valence-electron chi connectivity index (χ4n) is 10.7. The van der Waals surface area contributed by atoms with E-state index in [1.54, 1.807) is 13.2 Å². The number of aliphatic hydroxyl groups is 7. The van der Waals surface area contributed by atoms with Crippen LogP contribution in [0.25, 0.3) is 0 Å². The second-order valence-corrected chi connectivity index (χ2v) is 15.9. The average Bonchev–Trinajstić information content (AvgIpc) is 3.36. The van der Waals surface area contributed by atoms with E-state index in [0.717, 1.165) is 44.1 Å². The van der Waals surface area contributed by atoms with Gasteiger partial charge in [-0.15, -0.1) is 0 Å². The van der Waals surface area contributed by atoms with Crippen LogP contribution in [-0.2, 0) is 18.9 Å². The van der Waals surface area contributed by atoms with Gasteiger partial charge in [0.25, 0.3) is 0 Å². The molecule has 49 heavy (non-hydrogen) atoms. The maximum Gasteiger partial charge on any atom is 0.335 e. The van der Waals surface area contributed by atoms with Gasteiger partial charge in [0.15, 0.2) is 12.6 Å². The lowest BCUT2D eigenvalue weighted by atomic mass is 9.45. The Labute approximate surface area is 285 Å². The predicted octanol–water partition coefficient (Wildman–Crippen LogP) is 0.838. The Bertz CT molecular complexity index is 1430. The Morgan fingerprint density at radius 2 is 1.57 bits per heavy atom. The molecule has 3 heterocycles. The van der Waals surface area contributed by atoms with Crippen LogP contribution in [0.5, 0.6) is 0 Å². The molecule has 6 aliphatic rings. The SMILES string of the molecule is C[C@@H]1O[C@@H](O[C@@H]2C=C3CC[C@@H]4C(CC[C@]5(C)[C@@H](c6ccc(=O)oc6)CC[C@]45O)[C@@]3(C)CC2)[C@H](O)[C@H](O)[C@H]1O[C@@H]1O[C@H](CO)[C@@H](O)[C@H](O)[C@H]1O. The first kappa shape index (κ1) is 35.6. The van der Waals surface area contributed by atoms with Crippen LogP contribution in [0.3, 0.4) is 0 Å². The number of hydrogen-bond donors (Lipinski definition) is 7. The number of ether oxygens (including phenoxy) is 4. The molecule has 0 amide bonds. The Balaban J connectivity index is 1.01. The topological polar surface area (TPSA) is 209 Å². The van der Waals surface area contributed by atoms with E-state index in [2.05, 4.69) is 19.9 Å². The van der Waals surface area contributed by atoms with Crippen LogP contribution in [0.2, 0.25) is 0 Å². The van der Waals surface area contributed by atoms with Crippen molar-refractivity contribution in [2.75, 3.05) is 6.61 Å². The average molecular weight is 693 g/mol. The molecule has 5 fully saturated rings. The number of fused-ring (bicyclic) bond motifs is 5. The summed E-state index contributed by atoms with van der Waals surface area (Å²) in [4.78, 5) is 11.6. The molecule has 7 N–H and O–H groups in total. The summed E-state index contributed by atoms with van der Waals surface area (Å²) >= 11 is 0. The molecule has 17 atom stereocenters. The predicted molar refractivity (Wildman–Crippen MR) is 171 cm³/mol. The molecule has 1 aromatic heterocycles. The summed E-state index contributed by atoms with van der Waals surface area (Å²) in [6, 6.07) is 3.32. The van der Waals surface area contributed by atoms with Gasteiger partial charge in [-0.2, -0.15) is 0 Å². The van der Waals surface area contributed by atoms with E-state index in [4.69, 9.17) is 23.4 Å². The molecule has 1 unspecified atom stereocenters. The zero-order chi connectivity index (χ0) is 35.0. The third-order valence-electron chi connectivity index (χ3n) is 13.6. The molecular weight excluding hydrogens is 640 g/mol. The Hall–Kier alpha value is -1.75. The second-order valence-electron chi connectivity index (χ2n) is 15.9. The van der Waals surface area contributed by atoms with Gasteiger partial charge >= 0.3 is 5.63 Å². The molecule has 2 aliphatic heterocycles. The highest BCUT2D eigenvalue weighted by atomic mass is 16.7. The molecule has 0 spiro atoms. The van der Waals surface area contributed by atoms with Gasteiger partial charge in [0, 0.05) is 11.5 Å². The summed E-state index contributed by atoms with van der Waals surface area (Å²) in [5.74, 6) is 0.572. The van der Waals surface area contributed by atoms with Crippen molar-refractivity contribution in [2.45, 2.75) is 151 Å². The van der Waals surface area contributed by atoms with E-state index >= 15 is 0 Å². The van der Waals surface area contributed by atoms with Gasteiger partial charge in [0.05, 0.1) is 30.7 Å². The highest BCUT2D eigenvalue weighted by Gasteiger charge is 2.67. The zero-order valence-corrected chi connectivity index (χ0v) is 28.3. The number of rotatable bonds is 6. The minimum Gasteiger partial charge on any atom is -0.431 e. The van der Waals surface area contributed by atoms with Crippen LogP contribution in [0.1, 0.15) is 83.6 Å². The van der Waals surface area contributed by atoms with E-state index in [-0.39, 0.29) is 34.4 Å². The van der Waals surface area contributed by atoms with E-state index in [1.165, 1.54) is 11.6 Å². The van der Waals surface area contributed by atoms with Crippen molar-refractivity contribution in [3.8, 4) is 0 Å². The molecule has 1 aromatic rings. The minimum absolute atomic E-state index is 0.110. The fraction of sp³-hybridized carbons (Fsp3) is 0.806. The largest absolute Gasteiger partial charge is 0.431 e. The van der Waals surface area contributed by atoms with Crippen LogP contribution in [0.15, 0.2) is 39.3 Å². The van der Waals surface area contributed by atoms with Crippen molar-refractivity contribution >= 4 is 0 Å². The minimum atomic E-state index is -1.66. The van der Waals surface area contributed by atoms with Crippen LogP contribution in [-0.4, -0.2) is 115 Å². The summed E-state index contributed by atoms with van der Waals surface area (Å²) in [5, 5.41) is 74.7. The molecule has 3 saturated carbocycles. The van der Waals surface area contributed by atoms with Crippen molar-refractivity contribution in [1.29, 1.82) is 0 Å². The van der Waals surface area contributed by atoms with Crippen LogP contribution in [0.4, 0.5) is 0 Å². The normalized spacial score (nSPS) is 51.3. The smallest absolute Gasteiger partial charge is 0.335 e. The number of hydrogen-bond acceptors (Lipinski definition) is 13. The quantitative estimate of drug-likeness (QED) is 0.207. The van der Waals surface area contributed by atoms with Gasteiger partial charge in [-0.25, -0.2) is 4.79 Å². The van der Waals surface area contributed by atoms with E-state index in [0.29, 0.717) is 18.8 Å². The monoisotopic (exact) mass is 692 g/mol. The summed E-state index contributed by atoms with van der Waals surface area (Å²) in [6.07, 6.45) is -3.69. The summed E-state index contributed by atoms with van der Waals surface area (Å²) in [5.41, 5.74) is 0.655. The molecular formula is C36H52O13. The second kappa shape index (κ2) is 13.0. The van der Waals surface area contributed by atoms with E-state index in [9.17, 15) is 40.5 Å².